The highest BCUT2D eigenvalue weighted by atomic mass is 16.5. The van der Waals surface area contributed by atoms with Crippen molar-refractivity contribution in [3.8, 4) is 0 Å². The zero-order valence-electron chi connectivity index (χ0n) is 19.5. The first-order chi connectivity index (χ1) is 14.5. The van der Waals surface area contributed by atoms with Crippen LogP contribution in [0, 0.1) is 17.3 Å². The summed E-state index contributed by atoms with van der Waals surface area (Å²) in [7, 11) is 0. The van der Waals surface area contributed by atoms with Gasteiger partial charge in [-0.15, -0.1) is 0 Å². The Balaban J connectivity index is 2.34. The topological polar surface area (TPSA) is 80.7 Å². The predicted octanol–water partition coefficient (Wildman–Crippen LogP) is 5.57. The Morgan fingerprint density at radius 1 is 1.35 bits per heavy atom. The molecule has 2 aliphatic carbocycles. The fourth-order valence-corrected chi connectivity index (χ4v) is 4.83. The van der Waals surface area contributed by atoms with Gasteiger partial charge in [0.25, 0.3) is 0 Å². The Morgan fingerprint density at radius 2 is 2.03 bits per heavy atom. The standard InChI is InChI=1S/C26H36O5/c1-7-9-10-16(3)13-18(5)25(30)31-23-12-11-20(24(28)29)26(6)15-19(17(4)8-2)22(27)14-21(23)26/h8,13-14,16,20,23H,2,7,9-12,15H2,1,3-6H3,(H,28,29)/b18-13+,19-17-/t16?,20-,23-,26-/m1/s1. The van der Waals surface area contributed by atoms with Crippen LogP contribution in [0.5, 0.6) is 0 Å². The molecule has 170 valence electrons. The molecule has 1 saturated carbocycles. The highest BCUT2D eigenvalue weighted by Crippen LogP contribution is 2.52. The van der Waals surface area contributed by atoms with Crippen LogP contribution in [0.3, 0.4) is 0 Å². The number of aliphatic carboxylic acids is 1. The van der Waals surface area contributed by atoms with E-state index in [0.29, 0.717) is 36.0 Å². The summed E-state index contributed by atoms with van der Waals surface area (Å²) in [4.78, 5) is 37.6. The van der Waals surface area contributed by atoms with Crippen LogP contribution in [0.4, 0.5) is 0 Å². The molecule has 5 heteroatoms. The summed E-state index contributed by atoms with van der Waals surface area (Å²) in [6, 6.07) is 0. The minimum atomic E-state index is -0.885. The van der Waals surface area contributed by atoms with Gasteiger partial charge < -0.3 is 9.84 Å². The number of ketones is 1. The number of rotatable bonds is 8. The van der Waals surface area contributed by atoms with Crippen molar-refractivity contribution >= 4 is 17.7 Å². The van der Waals surface area contributed by atoms with Crippen LogP contribution in [-0.2, 0) is 19.1 Å². The van der Waals surface area contributed by atoms with Crippen molar-refractivity contribution in [1.82, 2.24) is 0 Å². The van der Waals surface area contributed by atoms with E-state index in [9.17, 15) is 19.5 Å². The lowest BCUT2D eigenvalue weighted by atomic mass is 9.57. The lowest BCUT2D eigenvalue weighted by Gasteiger charge is -2.47. The second-order valence-electron chi connectivity index (χ2n) is 9.26. The number of allylic oxidation sites excluding steroid dienone is 5. The maximum atomic E-state index is 12.8. The smallest absolute Gasteiger partial charge is 0.333 e. The average molecular weight is 429 g/mol. The van der Waals surface area contributed by atoms with E-state index in [0.717, 1.165) is 24.8 Å². The molecule has 0 bridgehead atoms. The van der Waals surface area contributed by atoms with Crippen molar-refractivity contribution < 1.29 is 24.2 Å². The van der Waals surface area contributed by atoms with Crippen LogP contribution in [0.1, 0.15) is 73.1 Å². The van der Waals surface area contributed by atoms with Gasteiger partial charge in [0.2, 0.25) is 0 Å². The van der Waals surface area contributed by atoms with E-state index >= 15 is 0 Å². The van der Waals surface area contributed by atoms with Gasteiger partial charge in [-0.05, 0) is 62.7 Å². The first kappa shape index (κ1) is 24.8. The van der Waals surface area contributed by atoms with Crippen molar-refractivity contribution in [2.45, 2.75) is 79.2 Å². The van der Waals surface area contributed by atoms with E-state index in [2.05, 4.69) is 20.4 Å². The number of esters is 1. The SMILES string of the molecule is C=C/C(C)=C1/C[C@@]2(C)C(=CC1=O)[C@H](OC(=O)/C(C)=C/C(C)CCCC)CC[C@@H]2C(=O)O. The van der Waals surface area contributed by atoms with Crippen molar-refractivity contribution in [2.75, 3.05) is 0 Å². The van der Waals surface area contributed by atoms with Crippen LogP contribution in [0.25, 0.3) is 0 Å². The monoisotopic (exact) mass is 428 g/mol. The fourth-order valence-electron chi connectivity index (χ4n) is 4.83. The largest absolute Gasteiger partial charge is 0.481 e. The van der Waals surface area contributed by atoms with E-state index in [-0.39, 0.29) is 11.7 Å². The van der Waals surface area contributed by atoms with Gasteiger partial charge >= 0.3 is 11.9 Å². The molecule has 0 heterocycles. The average Bonchev–Trinajstić information content (AvgIpc) is 2.71. The van der Waals surface area contributed by atoms with Crippen LogP contribution < -0.4 is 0 Å². The minimum Gasteiger partial charge on any atom is -0.481 e. The second-order valence-corrected chi connectivity index (χ2v) is 9.26. The van der Waals surface area contributed by atoms with E-state index in [4.69, 9.17) is 4.74 Å². The normalized spacial score (nSPS) is 28.9. The molecule has 5 nitrogen and oxygen atoms in total. The molecule has 2 aliphatic rings. The van der Waals surface area contributed by atoms with Crippen LogP contribution >= 0.6 is 0 Å². The van der Waals surface area contributed by atoms with Gasteiger partial charge in [0, 0.05) is 16.6 Å². The molecule has 31 heavy (non-hydrogen) atoms. The van der Waals surface area contributed by atoms with Gasteiger partial charge in [0.15, 0.2) is 5.78 Å². The summed E-state index contributed by atoms with van der Waals surface area (Å²) in [5.41, 5.74) is 1.73. The van der Waals surface area contributed by atoms with Gasteiger partial charge in [-0.2, -0.15) is 0 Å². The Hall–Kier alpha value is -2.43. The molecule has 1 unspecified atom stereocenters. The number of carbonyl (C=O) groups is 3. The summed E-state index contributed by atoms with van der Waals surface area (Å²) in [5, 5.41) is 9.85. The molecule has 1 N–H and O–H groups in total. The molecule has 0 radical (unpaired) electrons. The lowest BCUT2D eigenvalue weighted by Crippen LogP contribution is -2.47. The van der Waals surface area contributed by atoms with E-state index in [1.165, 1.54) is 6.08 Å². The van der Waals surface area contributed by atoms with Crippen molar-refractivity contribution in [3.05, 3.63) is 47.1 Å². The summed E-state index contributed by atoms with van der Waals surface area (Å²) >= 11 is 0. The number of unbranched alkanes of at least 4 members (excludes halogenated alkanes) is 1. The number of hydrogen-bond acceptors (Lipinski definition) is 4. The highest BCUT2D eigenvalue weighted by molar-refractivity contribution is 6.07. The third kappa shape index (κ3) is 5.44. The Bertz CT molecular complexity index is 844. The third-order valence-electron chi connectivity index (χ3n) is 6.82. The summed E-state index contributed by atoms with van der Waals surface area (Å²) in [5.74, 6) is -1.80. The van der Waals surface area contributed by atoms with E-state index in [1.807, 2.05) is 19.9 Å². The number of ether oxygens (including phenoxy) is 1. The second kappa shape index (κ2) is 10.3. The Morgan fingerprint density at radius 3 is 2.61 bits per heavy atom. The molecular formula is C26H36O5. The molecule has 0 aromatic heterocycles. The van der Waals surface area contributed by atoms with Gasteiger partial charge in [0.1, 0.15) is 6.10 Å². The number of hydrogen-bond donors (Lipinski definition) is 1. The molecule has 1 fully saturated rings. The van der Waals surface area contributed by atoms with Gasteiger partial charge in [0.05, 0.1) is 5.92 Å². The molecule has 0 aromatic rings. The van der Waals surface area contributed by atoms with Crippen molar-refractivity contribution in [2.24, 2.45) is 17.3 Å². The van der Waals surface area contributed by atoms with E-state index < -0.39 is 29.4 Å². The maximum absolute atomic E-state index is 12.8. The first-order valence-corrected chi connectivity index (χ1v) is 11.3. The van der Waals surface area contributed by atoms with Crippen molar-refractivity contribution in [3.63, 3.8) is 0 Å². The predicted molar refractivity (Wildman–Crippen MR) is 121 cm³/mol. The van der Waals surface area contributed by atoms with Gasteiger partial charge in [-0.1, -0.05) is 52.3 Å². The Kier molecular flexibility index (Phi) is 8.21. The molecular weight excluding hydrogens is 392 g/mol. The van der Waals surface area contributed by atoms with Crippen LogP contribution in [0.2, 0.25) is 0 Å². The lowest BCUT2D eigenvalue weighted by molar-refractivity contribution is -0.151. The molecule has 0 saturated heterocycles. The number of fused-ring (bicyclic) bond motifs is 1. The molecule has 4 atom stereocenters. The number of carboxylic acids is 1. The molecule has 0 spiro atoms. The first-order valence-electron chi connectivity index (χ1n) is 11.3. The number of carbonyl (C=O) groups excluding carboxylic acids is 2. The molecule has 0 aromatic carbocycles. The number of carboxylic acid groups (broad SMARTS) is 1. The van der Waals surface area contributed by atoms with Gasteiger partial charge in [-0.3, -0.25) is 9.59 Å². The molecule has 2 rings (SSSR count). The van der Waals surface area contributed by atoms with Crippen LogP contribution in [-0.4, -0.2) is 28.9 Å². The van der Waals surface area contributed by atoms with Gasteiger partial charge in [-0.25, -0.2) is 4.79 Å². The zero-order valence-corrected chi connectivity index (χ0v) is 19.5. The van der Waals surface area contributed by atoms with Crippen LogP contribution in [0.15, 0.2) is 47.1 Å². The summed E-state index contributed by atoms with van der Waals surface area (Å²) in [6.07, 6.45) is 8.81. The van der Waals surface area contributed by atoms with Crippen molar-refractivity contribution in [1.29, 1.82) is 0 Å². The highest BCUT2D eigenvalue weighted by Gasteiger charge is 2.52. The van der Waals surface area contributed by atoms with E-state index in [1.54, 1.807) is 13.0 Å². The Labute approximate surface area is 185 Å². The molecule has 0 aliphatic heterocycles. The minimum absolute atomic E-state index is 0.155. The third-order valence-corrected chi connectivity index (χ3v) is 6.82. The summed E-state index contributed by atoms with van der Waals surface area (Å²) < 4.78 is 5.83. The zero-order chi connectivity index (χ0) is 23.3. The maximum Gasteiger partial charge on any atom is 0.333 e. The summed E-state index contributed by atoms with van der Waals surface area (Å²) in [6.45, 7) is 13.4. The fraction of sp³-hybridized carbons (Fsp3) is 0.577. The molecule has 0 amide bonds. The quantitative estimate of drug-likeness (QED) is 0.403.